The molecule has 0 aromatic rings. The number of epoxide rings is 2. The van der Waals surface area contributed by atoms with Crippen molar-refractivity contribution in [2.75, 3.05) is 20.3 Å². The Morgan fingerprint density at radius 1 is 1.22 bits per heavy atom. The van der Waals surface area contributed by atoms with E-state index in [1.807, 2.05) is 0 Å². The molecule has 1 spiro atoms. The summed E-state index contributed by atoms with van der Waals surface area (Å²) < 4.78 is 24.1. The summed E-state index contributed by atoms with van der Waals surface area (Å²) in [5, 5.41) is 3.29. The number of ether oxygens (including phenoxy) is 4. The van der Waals surface area contributed by atoms with Crippen LogP contribution in [0.3, 0.4) is 0 Å². The summed E-state index contributed by atoms with van der Waals surface area (Å²) in [5.41, 5.74) is 2.10. The number of methoxy groups -OCH3 is 1. The fourth-order valence-electron chi connectivity index (χ4n) is 5.26. The van der Waals surface area contributed by atoms with Gasteiger partial charge in [0.1, 0.15) is 23.4 Å². The van der Waals surface area contributed by atoms with Gasteiger partial charge in [-0.1, -0.05) is 23.3 Å². The van der Waals surface area contributed by atoms with Crippen LogP contribution in [0.25, 0.3) is 0 Å². The van der Waals surface area contributed by atoms with E-state index in [1.165, 1.54) is 11.1 Å². The summed E-state index contributed by atoms with van der Waals surface area (Å²) in [6.07, 6.45) is 8.62. The van der Waals surface area contributed by atoms with Gasteiger partial charge in [0.2, 0.25) is 0 Å². The molecule has 0 aromatic heterocycles. The van der Waals surface area contributed by atoms with Gasteiger partial charge >= 0.3 is 5.97 Å². The van der Waals surface area contributed by atoms with Gasteiger partial charge in [-0.3, -0.25) is 4.79 Å². The maximum absolute atomic E-state index is 12.6. The van der Waals surface area contributed by atoms with E-state index in [9.17, 15) is 4.79 Å². The topological polar surface area (TPSA) is 72.6 Å². The molecule has 2 saturated heterocycles. The summed E-state index contributed by atoms with van der Waals surface area (Å²) in [4.78, 5) is 12.6. The summed E-state index contributed by atoms with van der Waals surface area (Å²) in [7, 11) is 1.71. The lowest BCUT2D eigenvalue weighted by Gasteiger charge is -2.42. The monoisotopic (exact) mass is 449 g/mol. The standard InChI is InChI=1S/C26H43NO5/c1-17(2)9-8-10-19(5)27-15-22(28)31-20-13-14-26(16-30-26)24(23(20)29-7)25(6)21(32-25)12-11-18(3)4/h9,11,19-21,23-24,27H,8,10,12-16H2,1-7H3/t19?,20-,21-,23-,24-,25-,26+/m1/s1. The highest BCUT2D eigenvalue weighted by Gasteiger charge is 2.72. The van der Waals surface area contributed by atoms with E-state index in [-0.39, 0.29) is 54.0 Å². The van der Waals surface area contributed by atoms with Gasteiger partial charge in [-0.05, 0) is 73.6 Å². The van der Waals surface area contributed by atoms with Crippen molar-refractivity contribution in [1.82, 2.24) is 5.32 Å². The zero-order valence-electron chi connectivity index (χ0n) is 21.0. The van der Waals surface area contributed by atoms with Crippen molar-refractivity contribution < 1.29 is 23.7 Å². The zero-order chi connectivity index (χ0) is 23.5. The first-order valence-corrected chi connectivity index (χ1v) is 12.2. The molecule has 182 valence electrons. The average molecular weight is 450 g/mol. The largest absolute Gasteiger partial charge is 0.459 e. The fourth-order valence-corrected chi connectivity index (χ4v) is 5.26. The van der Waals surface area contributed by atoms with Crippen LogP contribution in [-0.2, 0) is 23.7 Å². The van der Waals surface area contributed by atoms with E-state index in [4.69, 9.17) is 18.9 Å². The molecule has 1 unspecified atom stereocenters. The molecule has 7 atom stereocenters. The van der Waals surface area contributed by atoms with Crippen LogP contribution in [0.15, 0.2) is 23.3 Å². The van der Waals surface area contributed by atoms with E-state index >= 15 is 0 Å². The van der Waals surface area contributed by atoms with Crippen LogP contribution in [-0.4, -0.2) is 61.8 Å². The van der Waals surface area contributed by atoms with E-state index in [0.717, 1.165) is 38.7 Å². The minimum absolute atomic E-state index is 0.0538. The number of rotatable bonds is 11. The van der Waals surface area contributed by atoms with Gasteiger partial charge in [0, 0.05) is 13.2 Å². The van der Waals surface area contributed by atoms with Crippen LogP contribution in [0.4, 0.5) is 0 Å². The number of hydrogen-bond donors (Lipinski definition) is 1. The molecular formula is C26H43NO5. The van der Waals surface area contributed by atoms with Gasteiger partial charge in [0.05, 0.1) is 25.2 Å². The first-order valence-electron chi connectivity index (χ1n) is 12.2. The lowest BCUT2D eigenvalue weighted by Crippen LogP contribution is -2.56. The van der Waals surface area contributed by atoms with Gasteiger partial charge < -0.3 is 24.3 Å². The number of hydrogen-bond acceptors (Lipinski definition) is 6. The smallest absolute Gasteiger partial charge is 0.320 e. The lowest BCUT2D eigenvalue weighted by molar-refractivity contribution is -0.171. The maximum Gasteiger partial charge on any atom is 0.320 e. The van der Waals surface area contributed by atoms with Crippen molar-refractivity contribution in [3.05, 3.63) is 23.3 Å². The molecule has 0 aromatic carbocycles. The Morgan fingerprint density at radius 2 is 1.91 bits per heavy atom. The quantitative estimate of drug-likeness (QED) is 0.288. The number of allylic oxidation sites excluding steroid dienone is 3. The van der Waals surface area contributed by atoms with Crippen molar-refractivity contribution in [1.29, 1.82) is 0 Å². The number of nitrogens with one attached hydrogen (secondary N) is 1. The minimum Gasteiger partial charge on any atom is -0.459 e. The summed E-state index contributed by atoms with van der Waals surface area (Å²) >= 11 is 0. The van der Waals surface area contributed by atoms with Gasteiger partial charge in [0.15, 0.2) is 0 Å². The van der Waals surface area contributed by atoms with Crippen LogP contribution < -0.4 is 5.32 Å². The van der Waals surface area contributed by atoms with Crippen molar-refractivity contribution in [3.63, 3.8) is 0 Å². The zero-order valence-corrected chi connectivity index (χ0v) is 21.0. The molecular weight excluding hydrogens is 406 g/mol. The average Bonchev–Trinajstić information content (AvgIpc) is 3.63. The Labute approximate surface area is 194 Å². The number of esters is 1. The second-order valence-corrected chi connectivity index (χ2v) is 10.5. The van der Waals surface area contributed by atoms with E-state index < -0.39 is 0 Å². The second-order valence-electron chi connectivity index (χ2n) is 10.5. The Balaban J connectivity index is 1.57. The Hall–Kier alpha value is -1.21. The van der Waals surface area contributed by atoms with Crippen molar-refractivity contribution in [2.45, 2.75) is 109 Å². The Kier molecular flexibility index (Phi) is 8.24. The second kappa shape index (κ2) is 10.4. The predicted octanol–water partition coefficient (Wildman–Crippen LogP) is 4.33. The molecule has 6 heteroatoms. The highest BCUT2D eigenvalue weighted by Crippen LogP contribution is 2.59. The van der Waals surface area contributed by atoms with Crippen LogP contribution in [0.5, 0.6) is 0 Å². The predicted molar refractivity (Wildman–Crippen MR) is 126 cm³/mol. The van der Waals surface area contributed by atoms with Crippen molar-refractivity contribution in [3.8, 4) is 0 Å². The maximum atomic E-state index is 12.6. The Bertz CT molecular complexity index is 720. The first kappa shape index (κ1) is 25.4. The third kappa shape index (κ3) is 6.02. The van der Waals surface area contributed by atoms with Crippen LogP contribution >= 0.6 is 0 Å². The molecule has 32 heavy (non-hydrogen) atoms. The van der Waals surface area contributed by atoms with Crippen LogP contribution in [0.1, 0.15) is 73.6 Å². The van der Waals surface area contributed by atoms with Gasteiger partial charge in [-0.25, -0.2) is 0 Å². The summed E-state index contributed by atoms with van der Waals surface area (Å²) in [6, 6.07) is 0.258. The minimum atomic E-state index is -0.314. The molecule has 6 nitrogen and oxygen atoms in total. The lowest BCUT2D eigenvalue weighted by atomic mass is 9.68. The first-order chi connectivity index (χ1) is 15.1. The normalized spacial score (nSPS) is 36.3. The SMILES string of the molecule is CO[C@@H]1[C@H](OC(=O)CNC(C)CCC=C(C)C)CC[C@]2(CO2)[C@H]1[C@]1(C)O[C@@H]1CC=C(C)C. The molecule has 1 saturated carbocycles. The van der Waals surface area contributed by atoms with Crippen molar-refractivity contribution >= 4 is 5.97 Å². The molecule has 3 aliphatic rings. The molecule has 3 rings (SSSR count). The van der Waals surface area contributed by atoms with E-state index in [0.29, 0.717) is 0 Å². The number of carbonyl (C=O) groups excluding carboxylic acids is 1. The van der Waals surface area contributed by atoms with Gasteiger partial charge in [0.25, 0.3) is 0 Å². The van der Waals surface area contributed by atoms with Crippen molar-refractivity contribution in [2.24, 2.45) is 5.92 Å². The van der Waals surface area contributed by atoms with Gasteiger partial charge in [-0.15, -0.1) is 0 Å². The third-order valence-corrected chi connectivity index (χ3v) is 7.27. The van der Waals surface area contributed by atoms with Crippen LogP contribution in [0.2, 0.25) is 0 Å². The molecule has 0 radical (unpaired) electrons. The molecule has 2 heterocycles. The summed E-state index contributed by atoms with van der Waals surface area (Å²) in [6.45, 7) is 13.6. The molecule has 0 amide bonds. The molecule has 1 N–H and O–H groups in total. The third-order valence-electron chi connectivity index (χ3n) is 7.27. The van der Waals surface area contributed by atoms with Gasteiger partial charge in [-0.2, -0.15) is 0 Å². The molecule has 3 fully saturated rings. The van der Waals surface area contributed by atoms with E-state index in [1.54, 1.807) is 7.11 Å². The van der Waals surface area contributed by atoms with Crippen LogP contribution in [0, 0.1) is 5.92 Å². The molecule has 1 aliphatic carbocycles. The van der Waals surface area contributed by atoms with E-state index in [2.05, 4.69) is 59.0 Å². The number of carbonyl (C=O) groups is 1. The highest BCUT2D eigenvalue weighted by molar-refractivity contribution is 5.72. The fraction of sp³-hybridized carbons (Fsp3) is 0.808. The highest BCUT2D eigenvalue weighted by atomic mass is 16.6. The molecule has 2 aliphatic heterocycles. The summed E-state index contributed by atoms with van der Waals surface area (Å²) in [5.74, 6) is -0.168. The Morgan fingerprint density at radius 3 is 2.50 bits per heavy atom. The molecule has 0 bridgehead atoms.